The van der Waals surface area contributed by atoms with Gasteiger partial charge in [-0.2, -0.15) is 0 Å². The van der Waals surface area contributed by atoms with E-state index in [1.165, 1.54) is 5.56 Å². The molecular weight excluding hydrogens is 304 g/mol. The molecule has 2 atom stereocenters. The molecule has 0 radical (unpaired) electrons. The maximum absolute atomic E-state index is 12.0. The van der Waals surface area contributed by atoms with Gasteiger partial charge in [0.05, 0.1) is 5.92 Å². The Kier molecular flexibility index (Phi) is 3.38. The van der Waals surface area contributed by atoms with Gasteiger partial charge in [0.2, 0.25) is 0 Å². The lowest BCUT2D eigenvalue weighted by Gasteiger charge is -2.03. The second-order valence-electron chi connectivity index (χ2n) is 4.73. The van der Waals surface area contributed by atoms with Crippen LogP contribution in [-0.4, -0.2) is 5.97 Å². The average molecular weight is 317 g/mol. The van der Waals surface area contributed by atoms with E-state index in [2.05, 4.69) is 28.1 Å². The molecule has 3 heteroatoms. The quantitative estimate of drug-likeness (QED) is 0.628. The van der Waals surface area contributed by atoms with Gasteiger partial charge in [0.15, 0.2) is 0 Å². The largest absolute Gasteiger partial charge is 0.426 e. The topological polar surface area (TPSA) is 26.3 Å². The SMILES string of the molecule is O=C(Oc1ccccc1)[C@@H]1C[C@H]1c1ccc(Br)cc1. The molecule has 0 aromatic heterocycles. The lowest BCUT2D eigenvalue weighted by atomic mass is 10.1. The summed E-state index contributed by atoms with van der Waals surface area (Å²) in [4.78, 5) is 12.0. The molecule has 3 rings (SSSR count). The summed E-state index contributed by atoms with van der Waals surface area (Å²) >= 11 is 3.41. The van der Waals surface area contributed by atoms with Crippen LogP contribution in [0.3, 0.4) is 0 Å². The monoisotopic (exact) mass is 316 g/mol. The van der Waals surface area contributed by atoms with Crippen molar-refractivity contribution in [3.05, 3.63) is 64.6 Å². The zero-order valence-corrected chi connectivity index (χ0v) is 11.8. The van der Waals surface area contributed by atoms with Crippen molar-refractivity contribution >= 4 is 21.9 Å². The minimum absolute atomic E-state index is 0.00128. The van der Waals surface area contributed by atoms with Gasteiger partial charge in [-0.3, -0.25) is 4.79 Å². The molecule has 2 nitrogen and oxygen atoms in total. The van der Waals surface area contributed by atoms with Gasteiger partial charge in [-0.25, -0.2) is 0 Å². The summed E-state index contributed by atoms with van der Waals surface area (Å²) in [5, 5.41) is 0. The fourth-order valence-corrected chi connectivity index (χ4v) is 2.48. The van der Waals surface area contributed by atoms with Gasteiger partial charge in [-0.15, -0.1) is 0 Å². The van der Waals surface area contributed by atoms with Crippen LogP contribution in [0.2, 0.25) is 0 Å². The fraction of sp³-hybridized carbons (Fsp3) is 0.188. The molecule has 0 heterocycles. The maximum atomic E-state index is 12.0. The van der Waals surface area contributed by atoms with Crippen molar-refractivity contribution in [2.24, 2.45) is 5.92 Å². The van der Waals surface area contributed by atoms with Crippen LogP contribution < -0.4 is 4.74 Å². The van der Waals surface area contributed by atoms with E-state index >= 15 is 0 Å². The van der Waals surface area contributed by atoms with Crippen LogP contribution in [0, 0.1) is 5.92 Å². The molecule has 1 saturated carbocycles. The van der Waals surface area contributed by atoms with Crippen LogP contribution in [0.15, 0.2) is 59.1 Å². The maximum Gasteiger partial charge on any atom is 0.314 e. The number of ether oxygens (including phenoxy) is 1. The van der Waals surface area contributed by atoms with Crippen molar-refractivity contribution in [1.82, 2.24) is 0 Å². The smallest absolute Gasteiger partial charge is 0.314 e. The van der Waals surface area contributed by atoms with E-state index in [0.717, 1.165) is 10.9 Å². The van der Waals surface area contributed by atoms with Gasteiger partial charge in [-0.05, 0) is 42.2 Å². The van der Waals surface area contributed by atoms with Crippen LogP contribution >= 0.6 is 15.9 Å². The number of carbonyl (C=O) groups excluding carboxylic acids is 1. The van der Waals surface area contributed by atoms with E-state index in [1.807, 2.05) is 30.3 Å². The molecule has 0 aliphatic heterocycles. The molecule has 2 aromatic carbocycles. The third-order valence-corrected chi connectivity index (χ3v) is 3.88. The van der Waals surface area contributed by atoms with Crippen LogP contribution in [0.1, 0.15) is 17.9 Å². The molecule has 0 bridgehead atoms. The van der Waals surface area contributed by atoms with Crippen LogP contribution in [0.5, 0.6) is 5.75 Å². The highest BCUT2D eigenvalue weighted by Crippen LogP contribution is 2.48. The summed E-state index contributed by atoms with van der Waals surface area (Å²) in [5.41, 5.74) is 1.21. The van der Waals surface area contributed by atoms with Crippen molar-refractivity contribution in [3.63, 3.8) is 0 Å². The van der Waals surface area contributed by atoms with Crippen molar-refractivity contribution in [1.29, 1.82) is 0 Å². The van der Waals surface area contributed by atoms with Gasteiger partial charge in [-0.1, -0.05) is 46.3 Å². The molecule has 19 heavy (non-hydrogen) atoms. The number of hydrogen-bond acceptors (Lipinski definition) is 2. The molecule has 0 N–H and O–H groups in total. The molecule has 96 valence electrons. The number of hydrogen-bond donors (Lipinski definition) is 0. The number of para-hydroxylation sites is 1. The first-order valence-corrected chi connectivity index (χ1v) is 7.05. The number of rotatable bonds is 3. The van der Waals surface area contributed by atoms with Crippen molar-refractivity contribution in [2.45, 2.75) is 12.3 Å². The van der Waals surface area contributed by atoms with E-state index in [-0.39, 0.29) is 11.9 Å². The van der Waals surface area contributed by atoms with E-state index in [9.17, 15) is 4.79 Å². The Morgan fingerprint density at radius 3 is 2.42 bits per heavy atom. The standard InChI is InChI=1S/C16H13BrO2/c17-12-8-6-11(7-9-12)14-10-15(14)16(18)19-13-4-2-1-3-5-13/h1-9,14-15H,10H2/t14-,15+/m0/s1. The van der Waals surface area contributed by atoms with Gasteiger partial charge >= 0.3 is 5.97 Å². The first-order valence-electron chi connectivity index (χ1n) is 6.26. The first kappa shape index (κ1) is 12.4. The van der Waals surface area contributed by atoms with E-state index in [1.54, 1.807) is 12.1 Å². The third-order valence-electron chi connectivity index (χ3n) is 3.35. The average Bonchev–Trinajstić information content (AvgIpc) is 3.21. The Morgan fingerprint density at radius 2 is 1.74 bits per heavy atom. The Morgan fingerprint density at radius 1 is 1.05 bits per heavy atom. The molecule has 0 saturated heterocycles. The summed E-state index contributed by atoms with van der Waals surface area (Å²) in [6.07, 6.45) is 0.882. The summed E-state index contributed by atoms with van der Waals surface area (Å²) in [6.45, 7) is 0. The van der Waals surface area contributed by atoms with Gasteiger partial charge in [0.1, 0.15) is 5.75 Å². The fourth-order valence-electron chi connectivity index (χ4n) is 2.21. The second kappa shape index (κ2) is 5.17. The highest BCUT2D eigenvalue weighted by Gasteiger charge is 2.45. The van der Waals surface area contributed by atoms with Crippen LogP contribution in [0.25, 0.3) is 0 Å². The molecular formula is C16H13BrO2. The van der Waals surface area contributed by atoms with Crippen molar-refractivity contribution in [3.8, 4) is 5.75 Å². The second-order valence-corrected chi connectivity index (χ2v) is 5.65. The highest BCUT2D eigenvalue weighted by atomic mass is 79.9. The van der Waals surface area contributed by atoms with Gasteiger partial charge in [0, 0.05) is 4.47 Å². The molecule has 1 aliphatic rings. The van der Waals surface area contributed by atoms with Gasteiger partial charge in [0.25, 0.3) is 0 Å². The predicted octanol–water partition coefficient (Wildman–Crippen LogP) is 4.16. The summed E-state index contributed by atoms with van der Waals surface area (Å²) in [7, 11) is 0. The first-order chi connectivity index (χ1) is 9.24. The number of carbonyl (C=O) groups is 1. The minimum Gasteiger partial charge on any atom is -0.426 e. The summed E-state index contributed by atoms with van der Waals surface area (Å²) < 4.78 is 6.42. The number of halogens is 1. The Bertz CT molecular complexity index is 577. The van der Waals surface area contributed by atoms with Crippen molar-refractivity contribution < 1.29 is 9.53 Å². The molecule has 1 aliphatic carbocycles. The van der Waals surface area contributed by atoms with Crippen LogP contribution in [-0.2, 0) is 4.79 Å². The lowest BCUT2D eigenvalue weighted by Crippen LogP contribution is -2.11. The van der Waals surface area contributed by atoms with Crippen molar-refractivity contribution in [2.75, 3.05) is 0 Å². The lowest BCUT2D eigenvalue weighted by molar-refractivity contribution is -0.135. The van der Waals surface area contributed by atoms with Gasteiger partial charge < -0.3 is 4.74 Å². The molecule has 1 fully saturated rings. The van der Waals surface area contributed by atoms with E-state index < -0.39 is 0 Å². The molecule has 2 aromatic rings. The zero-order chi connectivity index (χ0) is 13.2. The zero-order valence-electron chi connectivity index (χ0n) is 10.3. The Hall–Kier alpha value is -1.61. The Labute approximate surface area is 120 Å². The van der Waals surface area contributed by atoms with E-state index in [0.29, 0.717) is 11.7 Å². The number of esters is 1. The normalized spacial score (nSPS) is 20.9. The third kappa shape index (κ3) is 2.87. The molecule has 0 spiro atoms. The minimum atomic E-state index is -0.126. The van der Waals surface area contributed by atoms with E-state index in [4.69, 9.17) is 4.74 Å². The molecule has 0 unspecified atom stereocenters. The Balaban J connectivity index is 1.63. The molecule has 0 amide bonds. The summed E-state index contributed by atoms with van der Waals surface area (Å²) in [6, 6.07) is 17.4. The predicted molar refractivity (Wildman–Crippen MR) is 77.1 cm³/mol. The van der Waals surface area contributed by atoms with Crippen LogP contribution in [0.4, 0.5) is 0 Å². The highest BCUT2D eigenvalue weighted by molar-refractivity contribution is 9.10. The summed E-state index contributed by atoms with van der Waals surface area (Å²) in [5.74, 6) is 0.804. The number of benzene rings is 2.